The molecule has 0 aliphatic rings. The number of para-hydroxylation sites is 1. The molecule has 3 aromatic carbocycles. The molecule has 0 aromatic heterocycles. The van der Waals surface area contributed by atoms with E-state index in [0.29, 0.717) is 35.1 Å². The summed E-state index contributed by atoms with van der Waals surface area (Å²) in [7, 11) is 1.55. The molecule has 5 nitrogen and oxygen atoms in total. The predicted molar refractivity (Wildman–Crippen MR) is 110 cm³/mol. The first-order chi connectivity index (χ1) is 13.6. The van der Waals surface area contributed by atoms with Gasteiger partial charge in [-0.05, 0) is 67.9 Å². The topological polar surface area (TPSA) is 56.8 Å². The molecule has 1 amide bonds. The minimum absolute atomic E-state index is 0.228. The molecule has 28 heavy (non-hydrogen) atoms. The molecule has 3 rings (SSSR count). The van der Waals surface area contributed by atoms with E-state index >= 15 is 0 Å². The van der Waals surface area contributed by atoms with Gasteiger partial charge in [-0.2, -0.15) is 0 Å². The lowest BCUT2D eigenvalue weighted by Crippen LogP contribution is -2.12. The highest BCUT2D eigenvalue weighted by molar-refractivity contribution is 6.04. The fourth-order valence-corrected chi connectivity index (χ4v) is 2.69. The minimum Gasteiger partial charge on any atom is -0.493 e. The van der Waals surface area contributed by atoms with Gasteiger partial charge < -0.3 is 19.5 Å². The molecule has 5 heteroatoms. The predicted octanol–water partition coefficient (Wildman–Crippen LogP) is 5.45. The van der Waals surface area contributed by atoms with E-state index in [1.54, 1.807) is 37.4 Å². The van der Waals surface area contributed by atoms with Crippen LogP contribution in [0.1, 0.15) is 22.8 Å². The van der Waals surface area contributed by atoms with Gasteiger partial charge in [0.05, 0.1) is 13.7 Å². The van der Waals surface area contributed by atoms with Gasteiger partial charge in [-0.3, -0.25) is 4.79 Å². The number of hydrogen-bond donors (Lipinski definition) is 1. The Bertz CT molecular complexity index is 951. The van der Waals surface area contributed by atoms with Crippen molar-refractivity contribution < 1.29 is 19.0 Å². The summed E-state index contributed by atoms with van der Waals surface area (Å²) in [5, 5.41) is 2.87. The third kappa shape index (κ3) is 4.62. The smallest absolute Gasteiger partial charge is 0.255 e. The summed E-state index contributed by atoms with van der Waals surface area (Å²) in [6.45, 7) is 4.42. The third-order valence-corrected chi connectivity index (χ3v) is 4.16. The first kappa shape index (κ1) is 19.3. The number of ether oxygens (including phenoxy) is 3. The number of benzene rings is 3. The molecular weight excluding hydrogens is 354 g/mol. The molecule has 3 aromatic rings. The summed E-state index contributed by atoms with van der Waals surface area (Å²) < 4.78 is 16.7. The Morgan fingerprint density at radius 2 is 1.68 bits per heavy atom. The molecule has 144 valence electrons. The highest BCUT2D eigenvalue weighted by Gasteiger charge is 2.11. The van der Waals surface area contributed by atoms with Crippen molar-refractivity contribution in [1.29, 1.82) is 0 Å². The van der Waals surface area contributed by atoms with Crippen molar-refractivity contribution >= 4 is 11.6 Å². The molecule has 0 bridgehead atoms. The maximum absolute atomic E-state index is 12.5. The number of nitrogens with one attached hydrogen (secondary N) is 1. The molecule has 0 heterocycles. The summed E-state index contributed by atoms with van der Waals surface area (Å²) >= 11 is 0. The lowest BCUT2D eigenvalue weighted by atomic mass is 10.1. The first-order valence-corrected chi connectivity index (χ1v) is 9.06. The molecule has 0 unspecified atom stereocenters. The van der Waals surface area contributed by atoms with Gasteiger partial charge in [0.15, 0.2) is 11.5 Å². The van der Waals surface area contributed by atoms with Crippen LogP contribution in [0.4, 0.5) is 5.69 Å². The molecule has 0 fully saturated rings. The van der Waals surface area contributed by atoms with Crippen molar-refractivity contribution in [1.82, 2.24) is 0 Å². The summed E-state index contributed by atoms with van der Waals surface area (Å²) in [6.07, 6.45) is 0. The van der Waals surface area contributed by atoms with Crippen LogP contribution in [-0.4, -0.2) is 19.6 Å². The van der Waals surface area contributed by atoms with Crippen LogP contribution in [0.15, 0.2) is 66.7 Å². The van der Waals surface area contributed by atoms with Crippen LogP contribution < -0.4 is 19.5 Å². The zero-order chi connectivity index (χ0) is 19.9. The molecule has 0 radical (unpaired) electrons. The highest BCUT2D eigenvalue weighted by atomic mass is 16.5. The second-order valence-corrected chi connectivity index (χ2v) is 6.14. The Morgan fingerprint density at radius 1 is 0.929 bits per heavy atom. The normalized spacial score (nSPS) is 10.2. The number of methoxy groups -OCH3 is 1. The van der Waals surface area contributed by atoms with Crippen molar-refractivity contribution in [2.24, 2.45) is 0 Å². The van der Waals surface area contributed by atoms with Gasteiger partial charge in [0.25, 0.3) is 5.91 Å². The quantitative estimate of drug-likeness (QED) is 0.595. The van der Waals surface area contributed by atoms with Gasteiger partial charge >= 0.3 is 0 Å². The van der Waals surface area contributed by atoms with Gasteiger partial charge in [-0.25, -0.2) is 0 Å². The Balaban J connectivity index is 1.68. The molecular formula is C23H23NO4. The van der Waals surface area contributed by atoms with Gasteiger partial charge in [0.1, 0.15) is 11.5 Å². The van der Waals surface area contributed by atoms with Crippen LogP contribution in [0.5, 0.6) is 23.0 Å². The Labute approximate surface area is 164 Å². The van der Waals surface area contributed by atoms with Crippen LogP contribution in [0, 0.1) is 6.92 Å². The fourth-order valence-electron chi connectivity index (χ4n) is 2.69. The number of anilines is 1. The Morgan fingerprint density at radius 3 is 2.36 bits per heavy atom. The number of hydrogen-bond acceptors (Lipinski definition) is 4. The van der Waals surface area contributed by atoms with E-state index in [4.69, 9.17) is 14.2 Å². The zero-order valence-corrected chi connectivity index (χ0v) is 16.2. The second-order valence-electron chi connectivity index (χ2n) is 6.14. The third-order valence-electron chi connectivity index (χ3n) is 4.16. The van der Waals surface area contributed by atoms with Crippen LogP contribution in [0.25, 0.3) is 0 Å². The monoisotopic (exact) mass is 377 g/mol. The summed E-state index contributed by atoms with van der Waals surface area (Å²) in [4.78, 5) is 12.5. The summed E-state index contributed by atoms with van der Waals surface area (Å²) in [5.74, 6) is 2.42. The van der Waals surface area contributed by atoms with Crippen molar-refractivity contribution in [2.45, 2.75) is 13.8 Å². The molecule has 0 aliphatic carbocycles. The number of rotatable bonds is 7. The van der Waals surface area contributed by atoms with Crippen LogP contribution in [0.2, 0.25) is 0 Å². The SMILES string of the molecule is CCOc1ccc(C(=O)Nc2ccc(Oc3ccccc3C)cc2)cc1OC. The van der Waals surface area contributed by atoms with E-state index in [2.05, 4.69) is 5.32 Å². The first-order valence-electron chi connectivity index (χ1n) is 9.06. The number of amides is 1. The average molecular weight is 377 g/mol. The fraction of sp³-hybridized carbons (Fsp3) is 0.174. The minimum atomic E-state index is -0.228. The lowest BCUT2D eigenvalue weighted by Gasteiger charge is -2.12. The van der Waals surface area contributed by atoms with Gasteiger partial charge in [0.2, 0.25) is 0 Å². The maximum Gasteiger partial charge on any atom is 0.255 e. The van der Waals surface area contributed by atoms with Crippen LogP contribution in [-0.2, 0) is 0 Å². The van der Waals surface area contributed by atoms with E-state index in [9.17, 15) is 4.79 Å². The van der Waals surface area contributed by atoms with Crippen molar-refractivity contribution in [2.75, 3.05) is 19.0 Å². The van der Waals surface area contributed by atoms with E-state index in [1.807, 2.05) is 50.2 Å². The lowest BCUT2D eigenvalue weighted by molar-refractivity contribution is 0.102. The molecule has 0 saturated heterocycles. The largest absolute Gasteiger partial charge is 0.493 e. The number of carbonyl (C=O) groups excluding carboxylic acids is 1. The highest BCUT2D eigenvalue weighted by Crippen LogP contribution is 2.29. The Hall–Kier alpha value is -3.47. The second kappa shape index (κ2) is 8.95. The standard InChI is InChI=1S/C23H23NO4/c1-4-27-21-14-9-17(15-22(21)26-3)23(25)24-18-10-12-19(13-11-18)28-20-8-6-5-7-16(20)2/h5-15H,4H2,1-3H3,(H,24,25). The maximum atomic E-state index is 12.5. The van der Waals surface area contributed by atoms with Crippen molar-refractivity contribution in [3.63, 3.8) is 0 Å². The van der Waals surface area contributed by atoms with E-state index in [0.717, 1.165) is 11.3 Å². The molecule has 0 saturated carbocycles. The van der Waals surface area contributed by atoms with Crippen LogP contribution >= 0.6 is 0 Å². The van der Waals surface area contributed by atoms with Gasteiger partial charge in [0, 0.05) is 11.3 Å². The number of carbonyl (C=O) groups is 1. The van der Waals surface area contributed by atoms with Crippen LogP contribution in [0.3, 0.4) is 0 Å². The number of aryl methyl sites for hydroxylation is 1. The Kier molecular flexibility index (Phi) is 6.17. The van der Waals surface area contributed by atoms with Gasteiger partial charge in [-0.15, -0.1) is 0 Å². The molecule has 0 aliphatic heterocycles. The van der Waals surface area contributed by atoms with E-state index in [-0.39, 0.29) is 5.91 Å². The van der Waals surface area contributed by atoms with E-state index < -0.39 is 0 Å². The zero-order valence-electron chi connectivity index (χ0n) is 16.2. The van der Waals surface area contributed by atoms with Crippen molar-refractivity contribution in [3.05, 3.63) is 77.9 Å². The average Bonchev–Trinajstić information content (AvgIpc) is 2.71. The van der Waals surface area contributed by atoms with E-state index in [1.165, 1.54) is 0 Å². The molecule has 0 spiro atoms. The molecule has 1 N–H and O–H groups in total. The van der Waals surface area contributed by atoms with Crippen molar-refractivity contribution in [3.8, 4) is 23.0 Å². The summed E-state index contributed by atoms with van der Waals surface area (Å²) in [6, 6.07) is 20.2. The van der Waals surface area contributed by atoms with Gasteiger partial charge in [-0.1, -0.05) is 18.2 Å². The summed E-state index contributed by atoms with van der Waals surface area (Å²) in [5.41, 5.74) is 2.22. The molecule has 0 atom stereocenters.